The van der Waals surface area contributed by atoms with E-state index in [-0.39, 0.29) is 11.3 Å². The molecular formula is C8H8INO2. The number of aryl methyl sites for hydroxylation is 1. The number of phenols is 1. The second kappa shape index (κ2) is 3.30. The number of hydrogen-bond donors (Lipinski definition) is 2. The monoisotopic (exact) mass is 277 g/mol. The van der Waals surface area contributed by atoms with Gasteiger partial charge < -0.3 is 10.8 Å². The first kappa shape index (κ1) is 9.31. The lowest BCUT2D eigenvalue weighted by Crippen LogP contribution is -2.11. The highest BCUT2D eigenvalue weighted by Gasteiger charge is 2.10. The number of carbonyl (C=O) groups is 1. The molecule has 0 aromatic heterocycles. The van der Waals surface area contributed by atoms with Crippen molar-refractivity contribution in [2.45, 2.75) is 6.92 Å². The van der Waals surface area contributed by atoms with Crippen molar-refractivity contribution in [1.29, 1.82) is 0 Å². The minimum Gasteiger partial charge on any atom is -0.506 e. The number of halogens is 1. The fourth-order valence-electron chi connectivity index (χ4n) is 0.922. The van der Waals surface area contributed by atoms with Crippen molar-refractivity contribution < 1.29 is 9.90 Å². The van der Waals surface area contributed by atoms with Crippen LogP contribution in [0.3, 0.4) is 0 Å². The van der Waals surface area contributed by atoms with Crippen LogP contribution >= 0.6 is 22.6 Å². The van der Waals surface area contributed by atoms with Gasteiger partial charge in [0, 0.05) is 0 Å². The summed E-state index contributed by atoms with van der Waals surface area (Å²) in [5.41, 5.74) is 6.14. The van der Waals surface area contributed by atoms with Gasteiger partial charge >= 0.3 is 0 Å². The fourth-order valence-corrected chi connectivity index (χ4v) is 1.70. The smallest absolute Gasteiger partial charge is 0.252 e. The maximum atomic E-state index is 10.8. The second-order valence-electron chi connectivity index (χ2n) is 2.51. The van der Waals surface area contributed by atoms with Crippen molar-refractivity contribution >= 4 is 28.5 Å². The van der Waals surface area contributed by atoms with Crippen molar-refractivity contribution in [1.82, 2.24) is 0 Å². The zero-order valence-corrected chi connectivity index (χ0v) is 8.62. The van der Waals surface area contributed by atoms with Crippen molar-refractivity contribution in [3.63, 3.8) is 0 Å². The van der Waals surface area contributed by atoms with E-state index in [1.165, 1.54) is 0 Å². The Bertz CT molecular complexity index is 336. The molecule has 0 atom stereocenters. The Morgan fingerprint density at radius 3 is 2.67 bits per heavy atom. The predicted octanol–water partition coefficient (Wildman–Crippen LogP) is 1.40. The van der Waals surface area contributed by atoms with E-state index < -0.39 is 5.91 Å². The van der Waals surface area contributed by atoms with Crippen LogP contribution in [0.25, 0.3) is 0 Å². The molecule has 1 rings (SSSR count). The first-order valence-electron chi connectivity index (χ1n) is 3.31. The van der Waals surface area contributed by atoms with Crippen LogP contribution in [-0.4, -0.2) is 11.0 Å². The Labute approximate surface area is 83.7 Å². The van der Waals surface area contributed by atoms with Crippen LogP contribution in [0.5, 0.6) is 5.75 Å². The molecule has 3 nitrogen and oxygen atoms in total. The van der Waals surface area contributed by atoms with Crippen molar-refractivity contribution in [2.75, 3.05) is 0 Å². The van der Waals surface area contributed by atoms with Gasteiger partial charge in [-0.05, 0) is 47.2 Å². The third-order valence-corrected chi connectivity index (χ3v) is 2.30. The van der Waals surface area contributed by atoms with Crippen molar-refractivity contribution in [3.8, 4) is 5.75 Å². The van der Waals surface area contributed by atoms with Gasteiger partial charge in [0.1, 0.15) is 5.75 Å². The summed E-state index contributed by atoms with van der Waals surface area (Å²) in [4.78, 5) is 10.8. The molecule has 0 saturated carbocycles. The van der Waals surface area contributed by atoms with Gasteiger partial charge in [0.2, 0.25) is 0 Å². The third-order valence-electron chi connectivity index (χ3n) is 1.47. The summed E-state index contributed by atoms with van der Waals surface area (Å²) in [6, 6.07) is 3.35. The molecule has 0 aliphatic carbocycles. The van der Waals surface area contributed by atoms with Crippen LogP contribution in [0.15, 0.2) is 12.1 Å². The number of primary amides is 1. The minimum atomic E-state index is -0.603. The van der Waals surface area contributed by atoms with Crippen LogP contribution in [0.4, 0.5) is 0 Å². The molecule has 0 aliphatic heterocycles. The van der Waals surface area contributed by atoms with Gasteiger partial charge in [-0.3, -0.25) is 4.79 Å². The molecule has 1 amide bonds. The number of aromatic hydroxyl groups is 1. The first-order chi connectivity index (χ1) is 5.52. The minimum absolute atomic E-state index is 0.0336. The number of hydrogen-bond acceptors (Lipinski definition) is 2. The molecule has 0 radical (unpaired) electrons. The standard InChI is InChI=1S/C8H8INO2/c1-4-2-5(8(10)12)7(11)6(9)3-4/h2-3,11H,1H3,(H2,10,12). The van der Waals surface area contributed by atoms with Gasteiger partial charge in [-0.15, -0.1) is 0 Å². The van der Waals surface area contributed by atoms with Gasteiger partial charge in [0.05, 0.1) is 9.13 Å². The lowest BCUT2D eigenvalue weighted by atomic mass is 10.1. The molecule has 0 saturated heterocycles. The lowest BCUT2D eigenvalue weighted by molar-refractivity contribution is 0.0997. The predicted molar refractivity (Wildman–Crippen MR) is 54.1 cm³/mol. The van der Waals surface area contributed by atoms with Gasteiger partial charge in [-0.25, -0.2) is 0 Å². The highest BCUT2D eigenvalue weighted by atomic mass is 127. The summed E-state index contributed by atoms with van der Waals surface area (Å²) >= 11 is 1.95. The van der Waals surface area contributed by atoms with Gasteiger partial charge in [-0.1, -0.05) is 0 Å². The number of amides is 1. The maximum Gasteiger partial charge on any atom is 0.252 e. The van der Waals surface area contributed by atoms with Crippen LogP contribution in [-0.2, 0) is 0 Å². The van der Waals surface area contributed by atoms with Crippen molar-refractivity contribution in [3.05, 3.63) is 26.8 Å². The Morgan fingerprint density at radius 1 is 1.58 bits per heavy atom. The molecule has 64 valence electrons. The zero-order valence-electron chi connectivity index (χ0n) is 6.47. The van der Waals surface area contributed by atoms with Crippen LogP contribution in [0.2, 0.25) is 0 Å². The van der Waals surface area contributed by atoms with E-state index in [0.29, 0.717) is 3.57 Å². The molecule has 12 heavy (non-hydrogen) atoms. The van der Waals surface area contributed by atoms with Gasteiger partial charge in [-0.2, -0.15) is 0 Å². The summed E-state index contributed by atoms with van der Waals surface area (Å²) in [6.07, 6.45) is 0. The summed E-state index contributed by atoms with van der Waals surface area (Å²) in [5.74, 6) is -0.636. The Balaban J connectivity index is 3.37. The molecule has 0 fully saturated rings. The molecule has 1 aromatic carbocycles. The van der Waals surface area contributed by atoms with E-state index in [1.807, 2.05) is 29.5 Å². The van der Waals surface area contributed by atoms with E-state index >= 15 is 0 Å². The maximum absolute atomic E-state index is 10.8. The highest BCUT2D eigenvalue weighted by molar-refractivity contribution is 14.1. The van der Waals surface area contributed by atoms with Crippen molar-refractivity contribution in [2.24, 2.45) is 5.73 Å². The van der Waals surface area contributed by atoms with Gasteiger partial charge in [0.25, 0.3) is 5.91 Å². The highest BCUT2D eigenvalue weighted by Crippen LogP contribution is 2.25. The summed E-state index contributed by atoms with van der Waals surface area (Å²) in [7, 11) is 0. The Hall–Kier alpha value is -0.780. The Kier molecular flexibility index (Phi) is 2.56. The van der Waals surface area contributed by atoms with Crippen LogP contribution in [0.1, 0.15) is 15.9 Å². The average Bonchev–Trinajstić information content (AvgIpc) is 1.96. The fraction of sp³-hybridized carbons (Fsp3) is 0.125. The number of rotatable bonds is 1. The summed E-state index contributed by atoms with van der Waals surface area (Å²) in [5, 5.41) is 9.38. The van der Waals surface area contributed by atoms with Crippen LogP contribution < -0.4 is 5.73 Å². The van der Waals surface area contributed by atoms with E-state index in [4.69, 9.17) is 5.73 Å². The van der Waals surface area contributed by atoms with E-state index in [0.717, 1.165) is 5.56 Å². The Morgan fingerprint density at radius 2 is 2.17 bits per heavy atom. The summed E-state index contributed by atoms with van der Waals surface area (Å²) < 4.78 is 0.640. The van der Waals surface area contributed by atoms with E-state index in [2.05, 4.69) is 0 Å². The third kappa shape index (κ3) is 1.69. The molecule has 1 aromatic rings. The molecular weight excluding hydrogens is 269 g/mol. The number of benzene rings is 1. The topological polar surface area (TPSA) is 63.3 Å². The van der Waals surface area contributed by atoms with Crippen LogP contribution in [0, 0.1) is 10.5 Å². The largest absolute Gasteiger partial charge is 0.506 e. The molecule has 0 unspecified atom stereocenters. The lowest BCUT2D eigenvalue weighted by Gasteiger charge is -2.03. The van der Waals surface area contributed by atoms with E-state index in [1.54, 1.807) is 12.1 Å². The SMILES string of the molecule is Cc1cc(I)c(O)c(C(N)=O)c1. The quantitative estimate of drug-likeness (QED) is 0.762. The molecule has 0 spiro atoms. The molecule has 4 heteroatoms. The van der Waals surface area contributed by atoms with E-state index in [9.17, 15) is 9.90 Å². The molecule has 3 N–H and O–H groups in total. The average molecular weight is 277 g/mol. The molecule has 0 bridgehead atoms. The number of nitrogens with two attached hydrogens (primary N) is 1. The normalized spacial score (nSPS) is 9.83. The summed E-state index contributed by atoms with van der Waals surface area (Å²) in [6.45, 7) is 1.84. The zero-order chi connectivity index (χ0) is 9.30. The molecule has 0 heterocycles. The molecule has 0 aliphatic rings. The first-order valence-corrected chi connectivity index (χ1v) is 4.39. The second-order valence-corrected chi connectivity index (χ2v) is 3.67. The van der Waals surface area contributed by atoms with Gasteiger partial charge in [0.15, 0.2) is 0 Å². The number of carbonyl (C=O) groups excluding carboxylic acids is 1.